The smallest absolute Gasteiger partial charge is 0.203 e. The summed E-state index contributed by atoms with van der Waals surface area (Å²) in [5.41, 5.74) is 3.87. The third-order valence-corrected chi connectivity index (χ3v) is 6.97. The number of rotatable bonds is 4. The number of pyridine rings is 1. The van der Waals surface area contributed by atoms with Crippen molar-refractivity contribution in [2.75, 3.05) is 0 Å². The number of nitrogens with zero attached hydrogens (tertiary/aromatic N) is 5. The summed E-state index contributed by atoms with van der Waals surface area (Å²) in [6.45, 7) is 4.83. The molecule has 0 amide bonds. The number of aliphatic imine (C=N–C) groups is 1. The fourth-order valence-electron chi connectivity index (χ4n) is 3.44. The van der Waals surface area contributed by atoms with Crippen molar-refractivity contribution in [1.29, 1.82) is 5.26 Å². The van der Waals surface area contributed by atoms with Gasteiger partial charge in [-0.25, -0.2) is 9.97 Å². The van der Waals surface area contributed by atoms with E-state index >= 15 is 0 Å². The molecule has 1 unspecified atom stereocenters. The van der Waals surface area contributed by atoms with Crippen molar-refractivity contribution in [3.63, 3.8) is 0 Å². The number of halogens is 2. The van der Waals surface area contributed by atoms with E-state index in [1.54, 1.807) is 6.21 Å². The summed E-state index contributed by atoms with van der Waals surface area (Å²) in [7, 11) is 0. The van der Waals surface area contributed by atoms with Gasteiger partial charge in [0.1, 0.15) is 17.4 Å². The van der Waals surface area contributed by atoms with Gasteiger partial charge in [-0.1, -0.05) is 42.8 Å². The van der Waals surface area contributed by atoms with Crippen LogP contribution in [-0.4, -0.2) is 20.7 Å². The van der Waals surface area contributed by atoms with Gasteiger partial charge < -0.3 is 4.57 Å². The van der Waals surface area contributed by atoms with Crippen LogP contribution in [0.2, 0.25) is 0 Å². The summed E-state index contributed by atoms with van der Waals surface area (Å²) in [6, 6.07) is 12.3. The van der Waals surface area contributed by atoms with E-state index in [2.05, 4.69) is 57.1 Å². The lowest BCUT2D eigenvalue weighted by Crippen LogP contribution is -2.19. The fraction of sp³-hybridized carbons (Fsp3) is 0.238. The summed E-state index contributed by atoms with van der Waals surface area (Å²) in [6.07, 6.45) is 4.21. The molecular weight excluding hydrogens is 485 g/mol. The Morgan fingerprint density at radius 1 is 1.25 bits per heavy atom. The zero-order chi connectivity index (χ0) is 19.9. The van der Waals surface area contributed by atoms with Crippen molar-refractivity contribution in [1.82, 2.24) is 14.5 Å². The molecule has 2 aromatic heterocycles. The molecule has 5 nitrogen and oxygen atoms in total. The largest absolute Gasteiger partial charge is 0.308 e. The molecule has 0 N–H and O–H groups in total. The van der Waals surface area contributed by atoms with Gasteiger partial charge in [-0.3, -0.25) is 4.99 Å². The normalized spacial score (nSPS) is 18.8. The average Bonchev–Trinajstić information content (AvgIpc) is 3.22. The van der Waals surface area contributed by atoms with Crippen molar-refractivity contribution in [2.45, 2.75) is 32.4 Å². The standard InChI is InChI=1S/C21H17ClIN5/c1-3-17-27-18-13(2)8-9-25-20(18)28(17)11-14-4-6-15(7-5-14)21(12-24)19(23)16(22)10-26-21/h4-10H,3,11H2,1-2H3. The first-order chi connectivity index (χ1) is 13.5. The van der Waals surface area contributed by atoms with E-state index in [0.29, 0.717) is 11.6 Å². The topological polar surface area (TPSA) is 66.9 Å². The van der Waals surface area contributed by atoms with E-state index in [-0.39, 0.29) is 0 Å². The number of nitriles is 1. The molecule has 4 rings (SSSR count). The van der Waals surface area contributed by atoms with Crippen molar-refractivity contribution in [3.05, 3.63) is 67.7 Å². The van der Waals surface area contributed by atoms with Gasteiger partial charge in [0.15, 0.2) is 5.65 Å². The quantitative estimate of drug-likeness (QED) is 0.471. The Bertz CT molecular complexity index is 1170. The molecule has 3 heterocycles. The van der Waals surface area contributed by atoms with Gasteiger partial charge >= 0.3 is 0 Å². The minimum Gasteiger partial charge on any atom is -0.308 e. The molecule has 1 atom stereocenters. The predicted molar refractivity (Wildman–Crippen MR) is 120 cm³/mol. The van der Waals surface area contributed by atoms with Crippen molar-refractivity contribution in [3.8, 4) is 6.07 Å². The number of fused-ring (bicyclic) bond motifs is 1. The maximum Gasteiger partial charge on any atom is 0.203 e. The van der Waals surface area contributed by atoms with Gasteiger partial charge in [0.2, 0.25) is 5.54 Å². The van der Waals surface area contributed by atoms with Gasteiger partial charge in [0.25, 0.3) is 0 Å². The van der Waals surface area contributed by atoms with Crippen LogP contribution in [0.15, 0.2) is 50.1 Å². The summed E-state index contributed by atoms with van der Waals surface area (Å²) >= 11 is 8.26. The lowest BCUT2D eigenvalue weighted by atomic mass is 9.92. The molecule has 0 fully saturated rings. The SMILES string of the molecule is CCc1nc2c(C)ccnc2n1Cc1ccc(C2(C#N)N=CC(Cl)=C2I)cc1. The van der Waals surface area contributed by atoms with Crippen LogP contribution in [0.4, 0.5) is 0 Å². The number of imidazole rings is 1. The minimum atomic E-state index is -1.04. The highest BCUT2D eigenvalue weighted by molar-refractivity contribution is 14.1. The molecule has 140 valence electrons. The molecule has 1 aliphatic rings. The number of hydrogen-bond acceptors (Lipinski definition) is 4. The van der Waals surface area contributed by atoms with Crippen LogP contribution in [0.3, 0.4) is 0 Å². The molecule has 0 radical (unpaired) electrons. The highest BCUT2D eigenvalue weighted by Crippen LogP contribution is 2.43. The predicted octanol–water partition coefficient (Wildman–Crippen LogP) is 5.04. The van der Waals surface area contributed by atoms with Crippen molar-refractivity contribution in [2.24, 2.45) is 4.99 Å². The highest BCUT2D eigenvalue weighted by Gasteiger charge is 2.39. The van der Waals surface area contributed by atoms with Crippen LogP contribution in [0.5, 0.6) is 0 Å². The second-order valence-electron chi connectivity index (χ2n) is 6.71. The Morgan fingerprint density at radius 3 is 2.61 bits per heavy atom. The summed E-state index contributed by atoms with van der Waals surface area (Å²) in [4.78, 5) is 13.7. The summed E-state index contributed by atoms with van der Waals surface area (Å²) < 4.78 is 2.89. The minimum absolute atomic E-state index is 0.519. The van der Waals surface area contributed by atoms with Crippen LogP contribution in [0.1, 0.15) is 29.4 Å². The lowest BCUT2D eigenvalue weighted by molar-refractivity contribution is 0.732. The zero-order valence-electron chi connectivity index (χ0n) is 15.4. The van der Waals surface area contributed by atoms with Gasteiger partial charge in [-0.05, 0) is 52.3 Å². The third-order valence-electron chi connectivity index (χ3n) is 5.00. The van der Waals surface area contributed by atoms with Crippen LogP contribution in [0, 0.1) is 18.3 Å². The molecule has 0 saturated heterocycles. The molecule has 28 heavy (non-hydrogen) atoms. The average molecular weight is 502 g/mol. The van der Waals surface area contributed by atoms with E-state index < -0.39 is 5.54 Å². The number of aromatic nitrogens is 3. The molecule has 0 aliphatic carbocycles. The van der Waals surface area contributed by atoms with Crippen LogP contribution >= 0.6 is 34.2 Å². The highest BCUT2D eigenvalue weighted by atomic mass is 127. The first-order valence-corrected chi connectivity index (χ1v) is 10.4. The van der Waals surface area contributed by atoms with Crippen LogP contribution in [0.25, 0.3) is 11.2 Å². The Morgan fingerprint density at radius 2 is 2.00 bits per heavy atom. The Hall–Kier alpha value is -2.24. The Kier molecular flexibility index (Phi) is 4.98. The molecule has 0 spiro atoms. The maximum absolute atomic E-state index is 9.77. The van der Waals surface area contributed by atoms with E-state index in [1.807, 2.05) is 36.5 Å². The van der Waals surface area contributed by atoms with E-state index in [9.17, 15) is 5.26 Å². The molecule has 1 aromatic carbocycles. The molecule has 0 saturated carbocycles. The van der Waals surface area contributed by atoms with Gasteiger partial charge in [-0.15, -0.1) is 0 Å². The number of aryl methyl sites for hydroxylation is 2. The number of allylic oxidation sites excluding steroid dienone is 1. The van der Waals surface area contributed by atoms with E-state index in [1.165, 1.54) is 0 Å². The van der Waals surface area contributed by atoms with E-state index in [0.717, 1.165) is 43.7 Å². The number of hydrogen-bond donors (Lipinski definition) is 0. The molecule has 7 heteroatoms. The lowest BCUT2D eigenvalue weighted by Gasteiger charge is -2.19. The van der Waals surface area contributed by atoms with Gasteiger partial charge in [0, 0.05) is 18.8 Å². The summed E-state index contributed by atoms with van der Waals surface area (Å²) in [5.74, 6) is 1.01. The zero-order valence-corrected chi connectivity index (χ0v) is 18.4. The van der Waals surface area contributed by atoms with Crippen LogP contribution in [-0.2, 0) is 18.5 Å². The molecule has 0 bridgehead atoms. The van der Waals surface area contributed by atoms with E-state index in [4.69, 9.17) is 16.6 Å². The van der Waals surface area contributed by atoms with Crippen LogP contribution < -0.4 is 0 Å². The summed E-state index contributed by atoms with van der Waals surface area (Å²) in [5, 5.41) is 10.3. The first kappa shape index (κ1) is 19.1. The Balaban J connectivity index is 1.71. The third kappa shape index (κ3) is 2.93. The van der Waals surface area contributed by atoms with Gasteiger partial charge in [-0.2, -0.15) is 5.26 Å². The monoisotopic (exact) mass is 501 g/mol. The molecular formula is C21H17ClIN5. The van der Waals surface area contributed by atoms with Crippen molar-refractivity contribution < 1.29 is 0 Å². The molecule has 1 aliphatic heterocycles. The first-order valence-electron chi connectivity index (χ1n) is 8.92. The second kappa shape index (κ2) is 7.30. The van der Waals surface area contributed by atoms with Crippen molar-refractivity contribution >= 4 is 51.6 Å². The molecule has 3 aromatic rings. The maximum atomic E-state index is 9.77. The fourth-order valence-corrected chi connectivity index (χ4v) is 4.33. The second-order valence-corrected chi connectivity index (χ2v) is 8.19. The van der Waals surface area contributed by atoms with Gasteiger partial charge in [0.05, 0.1) is 15.2 Å². The Labute approximate surface area is 181 Å². The number of benzene rings is 1.